The molecule has 6 nitrogen and oxygen atoms in total. The number of benzene rings is 3. The standard InChI is InChI=1S/C26H19Br2N3O3/c1-15(2)33-24-19(27)11-16(12-20(24)28)14-29-31-25(23-13-17-7-3-6-10-22(17)34-23)30-21-9-5-4-8-18(21)26(31)32/h3-15H,1-2H3. The average molecular weight is 581 g/mol. The second-order valence-corrected chi connectivity index (χ2v) is 9.65. The maximum absolute atomic E-state index is 13.4. The lowest BCUT2D eigenvalue weighted by Gasteiger charge is -2.14. The highest BCUT2D eigenvalue weighted by Crippen LogP contribution is 2.35. The summed E-state index contributed by atoms with van der Waals surface area (Å²) in [6, 6.07) is 20.5. The molecule has 3 aromatic carbocycles. The average Bonchev–Trinajstić information content (AvgIpc) is 3.25. The van der Waals surface area contributed by atoms with Crippen molar-refractivity contribution in [2.24, 2.45) is 5.10 Å². The highest BCUT2D eigenvalue weighted by Gasteiger charge is 2.16. The molecule has 0 saturated carbocycles. The summed E-state index contributed by atoms with van der Waals surface area (Å²) < 4.78 is 14.7. The number of para-hydroxylation sites is 2. The van der Waals surface area contributed by atoms with Gasteiger partial charge in [0.15, 0.2) is 5.76 Å². The Bertz CT molecular complexity index is 1560. The molecule has 170 valence electrons. The molecule has 0 aliphatic carbocycles. The van der Waals surface area contributed by atoms with Gasteiger partial charge in [-0.2, -0.15) is 9.78 Å². The van der Waals surface area contributed by atoms with E-state index in [9.17, 15) is 4.79 Å². The summed E-state index contributed by atoms with van der Waals surface area (Å²) in [5.74, 6) is 1.50. The van der Waals surface area contributed by atoms with Gasteiger partial charge in [0.25, 0.3) is 5.56 Å². The van der Waals surface area contributed by atoms with E-state index in [1.807, 2.05) is 68.4 Å². The van der Waals surface area contributed by atoms with Gasteiger partial charge in [-0.3, -0.25) is 4.79 Å². The number of nitrogens with zero attached hydrogens (tertiary/aromatic N) is 3. The van der Waals surface area contributed by atoms with Crippen molar-refractivity contribution in [2.75, 3.05) is 0 Å². The van der Waals surface area contributed by atoms with E-state index in [0.29, 0.717) is 33.8 Å². The van der Waals surface area contributed by atoms with E-state index in [4.69, 9.17) is 14.1 Å². The van der Waals surface area contributed by atoms with E-state index in [1.165, 1.54) is 4.68 Å². The van der Waals surface area contributed by atoms with E-state index < -0.39 is 0 Å². The van der Waals surface area contributed by atoms with Crippen LogP contribution in [-0.2, 0) is 0 Å². The third-order valence-corrected chi connectivity index (χ3v) is 6.27. The Hall–Kier alpha value is -3.23. The number of fused-ring (bicyclic) bond motifs is 2. The minimum absolute atomic E-state index is 0.0285. The zero-order valence-corrected chi connectivity index (χ0v) is 21.5. The molecule has 2 heterocycles. The maximum atomic E-state index is 13.4. The van der Waals surface area contributed by atoms with E-state index in [2.05, 4.69) is 37.0 Å². The summed E-state index contributed by atoms with van der Waals surface area (Å²) >= 11 is 7.12. The van der Waals surface area contributed by atoms with Crippen molar-refractivity contribution in [3.63, 3.8) is 0 Å². The third kappa shape index (κ3) is 4.31. The monoisotopic (exact) mass is 579 g/mol. The lowest BCUT2D eigenvalue weighted by atomic mass is 10.2. The molecule has 8 heteroatoms. The van der Waals surface area contributed by atoms with E-state index >= 15 is 0 Å². The molecule has 34 heavy (non-hydrogen) atoms. The molecule has 5 rings (SSSR count). The van der Waals surface area contributed by atoms with E-state index in [-0.39, 0.29) is 11.7 Å². The number of ether oxygens (including phenoxy) is 1. The van der Waals surface area contributed by atoms with Crippen molar-refractivity contribution >= 4 is 59.9 Å². The Kier molecular flexibility index (Phi) is 6.10. The molecule has 0 aliphatic heterocycles. The van der Waals surface area contributed by atoms with Gasteiger partial charge in [-0.1, -0.05) is 30.3 Å². The van der Waals surface area contributed by atoms with Crippen molar-refractivity contribution < 1.29 is 9.15 Å². The molecular formula is C26H19Br2N3O3. The Morgan fingerprint density at radius 2 is 1.74 bits per heavy atom. The maximum Gasteiger partial charge on any atom is 0.282 e. The van der Waals surface area contributed by atoms with Gasteiger partial charge in [-0.05, 0) is 87.7 Å². The first kappa shape index (κ1) is 22.6. The fourth-order valence-electron chi connectivity index (χ4n) is 3.61. The third-order valence-electron chi connectivity index (χ3n) is 5.10. The Balaban J connectivity index is 1.66. The largest absolute Gasteiger partial charge is 0.489 e. The lowest BCUT2D eigenvalue weighted by molar-refractivity contribution is 0.239. The molecule has 2 aromatic heterocycles. The van der Waals surface area contributed by atoms with Crippen LogP contribution in [0.2, 0.25) is 0 Å². The van der Waals surface area contributed by atoms with E-state index in [1.54, 1.807) is 18.3 Å². The SMILES string of the molecule is CC(C)Oc1c(Br)cc(C=Nn2c(-c3cc4ccccc4o3)nc3ccccc3c2=O)cc1Br. The molecule has 0 N–H and O–H groups in total. The summed E-state index contributed by atoms with van der Waals surface area (Å²) in [5, 5.41) is 5.91. The molecule has 0 saturated heterocycles. The van der Waals surface area contributed by atoms with Crippen LogP contribution in [0.4, 0.5) is 0 Å². The molecule has 0 aliphatic rings. The normalized spacial score (nSPS) is 11.8. The summed E-state index contributed by atoms with van der Waals surface area (Å²) in [7, 11) is 0. The predicted molar refractivity (Wildman–Crippen MR) is 142 cm³/mol. The quantitative estimate of drug-likeness (QED) is 0.210. The summed E-state index contributed by atoms with van der Waals surface area (Å²) in [5.41, 5.74) is 1.78. The van der Waals surface area contributed by atoms with Gasteiger partial charge in [-0.15, -0.1) is 0 Å². The Morgan fingerprint density at radius 1 is 1.03 bits per heavy atom. The Labute approximate surface area is 212 Å². The molecule has 0 bridgehead atoms. The molecule has 0 unspecified atom stereocenters. The van der Waals surface area contributed by atoms with Gasteiger partial charge in [0.2, 0.25) is 5.82 Å². The smallest absolute Gasteiger partial charge is 0.282 e. The fourth-order valence-corrected chi connectivity index (χ4v) is 5.02. The van der Waals surface area contributed by atoms with Gasteiger partial charge < -0.3 is 9.15 Å². The van der Waals surface area contributed by atoms with Crippen molar-refractivity contribution in [1.82, 2.24) is 9.66 Å². The molecule has 5 aromatic rings. The number of hydrogen-bond acceptors (Lipinski definition) is 5. The second kappa shape index (κ2) is 9.19. The molecule has 0 amide bonds. The van der Waals surface area contributed by atoms with Crippen molar-refractivity contribution in [3.05, 3.63) is 91.6 Å². The molecule has 0 fully saturated rings. The van der Waals surface area contributed by atoms with Crippen LogP contribution in [0, 0.1) is 0 Å². The van der Waals surface area contributed by atoms with E-state index in [0.717, 1.165) is 19.9 Å². The van der Waals surface area contributed by atoms with Gasteiger partial charge >= 0.3 is 0 Å². The number of rotatable bonds is 5. The van der Waals surface area contributed by atoms with Crippen LogP contribution in [0.3, 0.4) is 0 Å². The summed E-state index contributed by atoms with van der Waals surface area (Å²) in [4.78, 5) is 18.1. The molecule has 0 spiro atoms. The van der Waals surface area contributed by atoms with Crippen molar-refractivity contribution in [1.29, 1.82) is 0 Å². The zero-order valence-electron chi connectivity index (χ0n) is 18.3. The second-order valence-electron chi connectivity index (χ2n) is 7.94. The zero-order chi connectivity index (χ0) is 23.8. The van der Waals surface area contributed by atoms with Crippen LogP contribution in [0.25, 0.3) is 33.5 Å². The number of halogens is 2. The molecule has 0 radical (unpaired) electrons. The Morgan fingerprint density at radius 3 is 2.47 bits per heavy atom. The van der Waals surface area contributed by atoms with Crippen LogP contribution >= 0.6 is 31.9 Å². The van der Waals surface area contributed by atoms with Crippen LogP contribution in [-0.4, -0.2) is 22.0 Å². The van der Waals surface area contributed by atoms with Gasteiger partial charge in [0, 0.05) is 5.39 Å². The topological polar surface area (TPSA) is 69.6 Å². The number of hydrogen-bond donors (Lipinski definition) is 0. The first-order valence-electron chi connectivity index (χ1n) is 10.6. The first-order chi connectivity index (χ1) is 16.4. The van der Waals surface area contributed by atoms with Crippen LogP contribution in [0.5, 0.6) is 5.75 Å². The fraction of sp³-hybridized carbons (Fsp3) is 0.115. The van der Waals surface area contributed by atoms with Crippen LogP contribution in [0.15, 0.2) is 90.0 Å². The summed E-state index contributed by atoms with van der Waals surface area (Å²) in [6.07, 6.45) is 1.64. The first-order valence-corrected chi connectivity index (χ1v) is 12.2. The minimum Gasteiger partial charge on any atom is -0.489 e. The lowest BCUT2D eigenvalue weighted by Crippen LogP contribution is -2.20. The van der Waals surface area contributed by atoms with Crippen LogP contribution < -0.4 is 10.3 Å². The molecular weight excluding hydrogens is 562 g/mol. The minimum atomic E-state index is -0.282. The molecule has 0 atom stereocenters. The predicted octanol–water partition coefficient (Wildman–Crippen LogP) is 7.00. The number of furan rings is 1. The highest BCUT2D eigenvalue weighted by molar-refractivity contribution is 9.11. The highest BCUT2D eigenvalue weighted by atomic mass is 79.9. The van der Waals surface area contributed by atoms with Gasteiger partial charge in [0.1, 0.15) is 11.3 Å². The van der Waals surface area contributed by atoms with Gasteiger partial charge in [-0.25, -0.2) is 4.98 Å². The van der Waals surface area contributed by atoms with Gasteiger partial charge in [0.05, 0.1) is 32.2 Å². The number of aromatic nitrogens is 2. The summed E-state index contributed by atoms with van der Waals surface area (Å²) in [6.45, 7) is 3.93. The van der Waals surface area contributed by atoms with Crippen molar-refractivity contribution in [3.8, 4) is 17.3 Å². The van der Waals surface area contributed by atoms with Crippen molar-refractivity contribution in [2.45, 2.75) is 20.0 Å². The van der Waals surface area contributed by atoms with Crippen LogP contribution in [0.1, 0.15) is 19.4 Å².